The van der Waals surface area contributed by atoms with Crippen LogP contribution in [0.4, 0.5) is 0 Å². The fourth-order valence-corrected chi connectivity index (χ4v) is 4.30. The first kappa shape index (κ1) is 18.2. The van der Waals surface area contributed by atoms with Gasteiger partial charge < -0.3 is 15.2 Å². The molecule has 2 heterocycles. The summed E-state index contributed by atoms with van der Waals surface area (Å²) in [5.41, 5.74) is 5.29. The van der Waals surface area contributed by atoms with Gasteiger partial charge in [-0.2, -0.15) is 0 Å². The zero-order chi connectivity index (χ0) is 17.8. The maximum Gasteiger partial charge on any atom is 0.233 e. The lowest BCUT2D eigenvalue weighted by atomic mass is 10.0. The summed E-state index contributed by atoms with van der Waals surface area (Å²) in [5, 5.41) is 9.28. The number of thioether (sulfide) groups is 1. The minimum Gasteiger partial charge on any atom is -0.370 e. The molecule has 1 aliphatic carbocycles. The van der Waals surface area contributed by atoms with Crippen LogP contribution in [0.3, 0.4) is 0 Å². The Morgan fingerprint density at radius 1 is 1.24 bits per heavy atom. The van der Waals surface area contributed by atoms with Gasteiger partial charge in [0.1, 0.15) is 5.82 Å². The summed E-state index contributed by atoms with van der Waals surface area (Å²) in [7, 11) is 0. The Bertz CT molecular complexity index is 629. The standard InChI is InChI=1S/C17H27N5O2S/c1-2-13-5-3-4-9-21(13)15(24)11-25-17-20-19-16(12-6-7-12)22(17)10-8-14(18)23/h12-13H,2-11H2,1H3,(H2,18,23). The molecule has 2 N–H and O–H groups in total. The average molecular weight is 366 g/mol. The van der Waals surface area contributed by atoms with Crippen molar-refractivity contribution in [3.63, 3.8) is 0 Å². The van der Waals surface area contributed by atoms with Gasteiger partial charge in [0, 0.05) is 31.5 Å². The van der Waals surface area contributed by atoms with E-state index in [-0.39, 0.29) is 18.2 Å². The summed E-state index contributed by atoms with van der Waals surface area (Å²) in [6.45, 7) is 3.50. The summed E-state index contributed by atoms with van der Waals surface area (Å²) in [4.78, 5) is 25.8. The maximum absolute atomic E-state index is 12.6. The molecule has 8 heteroatoms. The molecule has 25 heavy (non-hydrogen) atoms. The van der Waals surface area contributed by atoms with Crippen LogP contribution in [0.25, 0.3) is 0 Å². The molecule has 0 aromatic carbocycles. The Balaban J connectivity index is 1.63. The van der Waals surface area contributed by atoms with Gasteiger partial charge in [-0.05, 0) is 38.5 Å². The lowest BCUT2D eigenvalue weighted by Gasteiger charge is -2.35. The summed E-state index contributed by atoms with van der Waals surface area (Å²) < 4.78 is 1.98. The monoisotopic (exact) mass is 365 g/mol. The molecule has 1 aromatic heterocycles. The molecule has 0 bridgehead atoms. The van der Waals surface area contributed by atoms with E-state index in [9.17, 15) is 9.59 Å². The van der Waals surface area contributed by atoms with Gasteiger partial charge in [0.2, 0.25) is 11.8 Å². The lowest BCUT2D eigenvalue weighted by molar-refractivity contribution is -0.132. The van der Waals surface area contributed by atoms with Gasteiger partial charge in [-0.3, -0.25) is 9.59 Å². The van der Waals surface area contributed by atoms with Gasteiger partial charge in [-0.15, -0.1) is 10.2 Å². The predicted octanol–water partition coefficient (Wildman–Crippen LogP) is 1.91. The maximum atomic E-state index is 12.6. The Morgan fingerprint density at radius 2 is 2.04 bits per heavy atom. The first-order chi connectivity index (χ1) is 12.1. The fourth-order valence-electron chi connectivity index (χ4n) is 3.45. The van der Waals surface area contributed by atoms with Crippen LogP contribution >= 0.6 is 11.8 Å². The Labute approximate surface area is 152 Å². The number of primary amides is 1. The number of hydrogen-bond acceptors (Lipinski definition) is 5. The minimum absolute atomic E-state index is 0.175. The molecule has 0 radical (unpaired) electrons. The number of carbonyl (C=O) groups excluding carboxylic acids is 2. The van der Waals surface area contributed by atoms with E-state index in [1.54, 1.807) is 0 Å². The molecule has 1 aliphatic heterocycles. The molecule has 2 aliphatic rings. The number of hydrogen-bond donors (Lipinski definition) is 1. The molecule has 7 nitrogen and oxygen atoms in total. The number of amides is 2. The summed E-state index contributed by atoms with van der Waals surface area (Å²) in [6.07, 6.45) is 6.91. The number of carbonyl (C=O) groups is 2. The summed E-state index contributed by atoms with van der Waals surface area (Å²) in [5.74, 6) is 1.59. The zero-order valence-electron chi connectivity index (χ0n) is 14.8. The zero-order valence-corrected chi connectivity index (χ0v) is 15.6. The van der Waals surface area contributed by atoms with Gasteiger partial charge in [-0.1, -0.05) is 18.7 Å². The number of aromatic nitrogens is 3. The van der Waals surface area contributed by atoms with Crippen molar-refractivity contribution < 1.29 is 9.59 Å². The van der Waals surface area contributed by atoms with Gasteiger partial charge in [0.15, 0.2) is 5.16 Å². The number of likely N-dealkylation sites (tertiary alicyclic amines) is 1. The Hall–Kier alpha value is -1.57. The second-order valence-corrected chi connectivity index (χ2v) is 7.86. The van der Waals surface area contributed by atoms with Gasteiger partial charge in [0.05, 0.1) is 5.75 Å². The van der Waals surface area contributed by atoms with Crippen LogP contribution in [-0.4, -0.2) is 49.8 Å². The first-order valence-electron chi connectivity index (χ1n) is 9.23. The molecular formula is C17H27N5O2S. The highest BCUT2D eigenvalue weighted by Gasteiger charge is 2.31. The molecule has 138 valence electrons. The highest BCUT2D eigenvalue weighted by molar-refractivity contribution is 7.99. The largest absolute Gasteiger partial charge is 0.370 e. The molecule has 3 rings (SSSR count). The fraction of sp³-hybridized carbons (Fsp3) is 0.765. The van der Waals surface area contributed by atoms with Crippen LogP contribution in [0.2, 0.25) is 0 Å². The topological polar surface area (TPSA) is 94.1 Å². The number of piperidine rings is 1. The van der Waals surface area contributed by atoms with Crippen molar-refractivity contribution in [2.45, 2.75) is 75.5 Å². The van der Waals surface area contributed by atoms with Crippen molar-refractivity contribution in [1.82, 2.24) is 19.7 Å². The lowest BCUT2D eigenvalue weighted by Crippen LogP contribution is -2.44. The number of nitrogens with zero attached hydrogens (tertiary/aromatic N) is 4. The van der Waals surface area contributed by atoms with E-state index in [4.69, 9.17) is 5.73 Å². The third-order valence-electron chi connectivity index (χ3n) is 5.01. The van der Waals surface area contributed by atoms with E-state index in [0.29, 0.717) is 24.3 Å². The van der Waals surface area contributed by atoms with E-state index in [1.807, 2.05) is 9.47 Å². The molecule has 1 saturated carbocycles. The van der Waals surface area contributed by atoms with Crippen molar-refractivity contribution in [3.05, 3.63) is 5.82 Å². The summed E-state index contributed by atoms with van der Waals surface area (Å²) in [6, 6.07) is 0.372. The van der Waals surface area contributed by atoms with Crippen LogP contribution in [0.1, 0.15) is 63.6 Å². The molecule has 1 atom stereocenters. The highest BCUT2D eigenvalue weighted by atomic mass is 32.2. The normalized spacial score (nSPS) is 20.7. The smallest absolute Gasteiger partial charge is 0.233 e. The predicted molar refractivity (Wildman–Crippen MR) is 96.2 cm³/mol. The number of rotatable bonds is 8. The van der Waals surface area contributed by atoms with Crippen LogP contribution < -0.4 is 5.73 Å². The van der Waals surface area contributed by atoms with Crippen molar-refractivity contribution in [1.29, 1.82) is 0 Å². The molecule has 0 spiro atoms. The molecule has 1 unspecified atom stereocenters. The van der Waals surface area contributed by atoms with Crippen molar-refractivity contribution >= 4 is 23.6 Å². The molecule has 2 fully saturated rings. The quantitative estimate of drug-likeness (QED) is 0.710. The molecule has 2 amide bonds. The third kappa shape index (κ3) is 4.54. The van der Waals surface area contributed by atoms with Crippen molar-refractivity contribution in [2.24, 2.45) is 5.73 Å². The Morgan fingerprint density at radius 3 is 2.72 bits per heavy atom. The second-order valence-electron chi connectivity index (χ2n) is 6.92. The average Bonchev–Trinajstić information content (AvgIpc) is 3.38. The first-order valence-corrected chi connectivity index (χ1v) is 10.2. The van der Waals surface area contributed by atoms with Crippen LogP contribution in [-0.2, 0) is 16.1 Å². The van der Waals surface area contributed by atoms with Crippen LogP contribution in [0, 0.1) is 0 Å². The van der Waals surface area contributed by atoms with E-state index in [1.165, 1.54) is 18.2 Å². The molecular weight excluding hydrogens is 338 g/mol. The van der Waals surface area contributed by atoms with Crippen LogP contribution in [0.15, 0.2) is 5.16 Å². The summed E-state index contributed by atoms with van der Waals surface area (Å²) >= 11 is 1.43. The Kier molecular flexibility index (Phi) is 5.98. The van der Waals surface area contributed by atoms with Crippen molar-refractivity contribution in [2.75, 3.05) is 12.3 Å². The number of nitrogens with two attached hydrogens (primary N) is 1. The van der Waals surface area contributed by atoms with Crippen molar-refractivity contribution in [3.8, 4) is 0 Å². The molecule has 1 saturated heterocycles. The van der Waals surface area contributed by atoms with Gasteiger partial charge in [-0.25, -0.2) is 0 Å². The second kappa shape index (κ2) is 8.21. The highest BCUT2D eigenvalue weighted by Crippen LogP contribution is 2.40. The third-order valence-corrected chi connectivity index (χ3v) is 5.96. The molecule has 1 aromatic rings. The van der Waals surface area contributed by atoms with E-state index in [2.05, 4.69) is 17.1 Å². The minimum atomic E-state index is -0.332. The van der Waals surface area contributed by atoms with Gasteiger partial charge >= 0.3 is 0 Å². The van der Waals surface area contributed by atoms with E-state index < -0.39 is 0 Å². The van der Waals surface area contributed by atoms with Gasteiger partial charge in [0.25, 0.3) is 0 Å². The van der Waals surface area contributed by atoms with E-state index in [0.717, 1.165) is 49.6 Å². The van der Waals surface area contributed by atoms with Crippen LogP contribution in [0.5, 0.6) is 0 Å². The SMILES string of the molecule is CCC1CCCCN1C(=O)CSc1nnc(C2CC2)n1CCC(N)=O. The van der Waals surface area contributed by atoms with E-state index >= 15 is 0 Å².